The van der Waals surface area contributed by atoms with Crippen molar-refractivity contribution >= 4 is 33.1 Å². The SMILES string of the molecule is Cc1ccc(NC(=O)[C@@H]2Cc3ccccc3CN2S(=O)(=O)c2cccs2)nc1. The van der Waals surface area contributed by atoms with E-state index in [1.165, 1.54) is 4.31 Å². The largest absolute Gasteiger partial charge is 0.309 e. The van der Waals surface area contributed by atoms with Gasteiger partial charge in [-0.1, -0.05) is 36.4 Å². The van der Waals surface area contributed by atoms with Gasteiger partial charge in [-0.25, -0.2) is 13.4 Å². The van der Waals surface area contributed by atoms with Crippen molar-refractivity contribution in [2.24, 2.45) is 0 Å². The number of pyridine rings is 1. The average molecular weight is 414 g/mol. The predicted octanol–water partition coefficient (Wildman–Crippen LogP) is 3.21. The number of anilines is 1. The van der Waals surface area contributed by atoms with Crippen molar-refractivity contribution in [1.82, 2.24) is 9.29 Å². The van der Waals surface area contributed by atoms with Crippen LogP contribution >= 0.6 is 11.3 Å². The Morgan fingerprint density at radius 3 is 2.61 bits per heavy atom. The van der Waals surface area contributed by atoms with Gasteiger partial charge in [-0.2, -0.15) is 4.31 Å². The minimum atomic E-state index is -3.78. The smallest absolute Gasteiger partial charge is 0.253 e. The number of aromatic nitrogens is 1. The molecule has 4 rings (SSSR count). The Hall–Kier alpha value is -2.55. The van der Waals surface area contributed by atoms with Crippen molar-refractivity contribution in [3.63, 3.8) is 0 Å². The van der Waals surface area contributed by atoms with E-state index in [-0.39, 0.29) is 16.7 Å². The molecule has 1 atom stereocenters. The van der Waals surface area contributed by atoms with Crippen LogP contribution in [-0.4, -0.2) is 29.7 Å². The summed E-state index contributed by atoms with van der Waals surface area (Å²) in [6.07, 6.45) is 1.98. The van der Waals surface area contributed by atoms with Crippen LogP contribution in [-0.2, 0) is 27.8 Å². The molecule has 3 heterocycles. The van der Waals surface area contributed by atoms with Gasteiger partial charge in [0.1, 0.15) is 16.1 Å². The van der Waals surface area contributed by atoms with Crippen LogP contribution in [0.4, 0.5) is 5.82 Å². The number of sulfonamides is 1. The lowest BCUT2D eigenvalue weighted by Crippen LogP contribution is -2.50. The molecule has 0 radical (unpaired) electrons. The Morgan fingerprint density at radius 1 is 1.14 bits per heavy atom. The van der Waals surface area contributed by atoms with E-state index in [2.05, 4.69) is 10.3 Å². The number of carbonyl (C=O) groups excluding carboxylic acids is 1. The summed E-state index contributed by atoms with van der Waals surface area (Å²) in [7, 11) is -3.78. The molecule has 1 aliphatic rings. The molecule has 28 heavy (non-hydrogen) atoms. The van der Waals surface area contributed by atoms with Crippen molar-refractivity contribution < 1.29 is 13.2 Å². The maximum atomic E-state index is 13.2. The Balaban J connectivity index is 1.69. The van der Waals surface area contributed by atoms with E-state index in [1.54, 1.807) is 29.8 Å². The lowest BCUT2D eigenvalue weighted by Gasteiger charge is -2.34. The predicted molar refractivity (Wildman–Crippen MR) is 109 cm³/mol. The molecular weight excluding hydrogens is 394 g/mol. The minimum absolute atomic E-state index is 0.163. The molecule has 0 spiro atoms. The number of amides is 1. The highest BCUT2D eigenvalue weighted by Crippen LogP contribution is 2.31. The quantitative estimate of drug-likeness (QED) is 0.712. The highest BCUT2D eigenvalue weighted by Gasteiger charge is 2.40. The van der Waals surface area contributed by atoms with Gasteiger partial charge in [0.05, 0.1) is 0 Å². The zero-order valence-corrected chi connectivity index (χ0v) is 16.8. The molecule has 2 aromatic heterocycles. The third-order valence-corrected chi connectivity index (χ3v) is 7.96. The van der Waals surface area contributed by atoms with E-state index in [9.17, 15) is 13.2 Å². The molecule has 144 valence electrons. The lowest BCUT2D eigenvalue weighted by molar-refractivity contribution is -0.120. The summed E-state index contributed by atoms with van der Waals surface area (Å²) in [5, 5.41) is 4.48. The third kappa shape index (κ3) is 3.58. The Morgan fingerprint density at radius 2 is 1.93 bits per heavy atom. The molecule has 0 bridgehead atoms. The number of rotatable bonds is 4. The van der Waals surface area contributed by atoms with Gasteiger partial charge >= 0.3 is 0 Å². The van der Waals surface area contributed by atoms with Gasteiger partial charge in [-0.3, -0.25) is 4.79 Å². The molecule has 0 saturated heterocycles. The Labute approximate surface area is 167 Å². The third-order valence-electron chi connectivity index (χ3n) is 4.73. The number of hydrogen-bond donors (Lipinski definition) is 1. The first-order valence-corrected chi connectivity index (χ1v) is 11.1. The highest BCUT2D eigenvalue weighted by molar-refractivity contribution is 7.91. The van der Waals surface area contributed by atoms with Crippen LogP contribution in [0.3, 0.4) is 0 Å². The van der Waals surface area contributed by atoms with Crippen LogP contribution < -0.4 is 5.32 Å². The van der Waals surface area contributed by atoms with Crippen molar-refractivity contribution in [2.75, 3.05) is 5.32 Å². The normalized spacial score (nSPS) is 17.1. The van der Waals surface area contributed by atoms with Crippen LogP contribution in [0.25, 0.3) is 0 Å². The number of hydrogen-bond acceptors (Lipinski definition) is 5. The van der Waals surface area contributed by atoms with Crippen molar-refractivity contribution in [2.45, 2.75) is 30.1 Å². The number of nitrogens with one attached hydrogen (secondary N) is 1. The van der Waals surface area contributed by atoms with Gasteiger partial charge in [0.2, 0.25) is 5.91 Å². The Kier molecular flexibility index (Phi) is 5.01. The minimum Gasteiger partial charge on any atom is -0.309 e. The fraction of sp³-hybridized carbons (Fsp3) is 0.200. The molecule has 3 aromatic rings. The fourth-order valence-electron chi connectivity index (χ4n) is 3.25. The summed E-state index contributed by atoms with van der Waals surface area (Å²) >= 11 is 1.15. The van der Waals surface area contributed by atoms with Crippen LogP contribution in [0, 0.1) is 6.92 Å². The highest BCUT2D eigenvalue weighted by atomic mass is 32.2. The van der Waals surface area contributed by atoms with Crippen molar-refractivity contribution in [1.29, 1.82) is 0 Å². The van der Waals surface area contributed by atoms with E-state index in [4.69, 9.17) is 0 Å². The van der Waals surface area contributed by atoms with Crippen molar-refractivity contribution in [3.8, 4) is 0 Å². The molecule has 0 fully saturated rings. The van der Waals surface area contributed by atoms with Gasteiger partial charge in [0.25, 0.3) is 10.0 Å². The maximum Gasteiger partial charge on any atom is 0.253 e. The molecule has 1 aromatic carbocycles. The number of benzene rings is 1. The standard InChI is InChI=1S/C20H19N3O3S2/c1-14-8-9-18(21-12-14)22-20(24)17-11-15-5-2-3-6-16(15)13-23(17)28(25,26)19-7-4-10-27-19/h2-10,12,17H,11,13H2,1H3,(H,21,22,24)/t17-/m0/s1. The van der Waals surface area contributed by atoms with E-state index in [1.807, 2.05) is 37.3 Å². The zero-order valence-electron chi connectivity index (χ0n) is 15.2. The van der Waals surface area contributed by atoms with Crippen LogP contribution in [0.5, 0.6) is 0 Å². The molecule has 6 nitrogen and oxygen atoms in total. The van der Waals surface area contributed by atoms with E-state index in [0.717, 1.165) is 28.0 Å². The fourth-order valence-corrected chi connectivity index (χ4v) is 5.94. The lowest BCUT2D eigenvalue weighted by atomic mass is 9.95. The van der Waals surface area contributed by atoms with Gasteiger partial charge < -0.3 is 5.32 Å². The second kappa shape index (κ2) is 7.46. The summed E-state index contributed by atoms with van der Waals surface area (Å²) < 4.78 is 28.0. The van der Waals surface area contributed by atoms with E-state index in [0.29, 0.717) is 12.2 Å². The number of aryl methyl sites for hydroxylation is 1. The van der Waals surface area contributed by atoms with Gasteiger partial charge in [0, 0.05) is 12.7 Å². The second-order valence-corrected chi connectivity index (χ2v) is 9.75. The first-order chi connectivity index (χ1) is 13.4. The summed E-state index contributed by atoms with van der Waals surface area (Å²) in [4.78, 5) is 17.2. The molecule has 1 amide bonds. The van der Waals surface area contributed by atoms with Crippen LogP contribution in [0.15, 0.2) is 64.3 Å². The molecule has 1 aliphatic heterocycles. The molecule has 0 unspecified atom stereocenters. The van der Waals surface area contributed by atoms with Crippen molar-refractivity contribution in [3.05, 3.63) is 76.8 Å². The van der Waals surface area contributed by atoms with Gasteiger partial charge in [0.15, 0.2) is 0 Å². The zero-order chi connectivity index (χ0) is 19.7. The molecule has 8 heteroatoms. The monoisotopic (exact) mass is 413 g/mol. The van der Waals surface area contributed by atoms with Crippen LogP contribution in [0.2, 0.25) is 0 Å². The molecular formula is C20H19N3O3S2. The summed E-state index contributed by atoms with van der Waals surface area (Å²) in [5.74, 6) is 0.0221. The molecule has 0 aliphatic carbocycles. The van der Waals surface area contributed by atoms with E-state index >= 15 is 0 Å². The average Bonchev–Trinajstić information content (AvgIpc) is 3.24. The summed E-state index contributed by atoms with van der Waals surface area (Å²) in [5.41, 5.74) is 2.88. The topological polar surface area (TPSA) is 79.4 Å². The molecule has 0 saturated carbocycles. The summed E-state index contributed by atoms with van der Waals surface area (Å²) in [6, 6.07) is 13.6. The maximum absolute atomic E-state index is 13.2. The Bertz CT molecular complexity index is 1090. The summed E-state index contributed by atoms with van der Waals surface area (Å²) in [6.45, 7) is 2.07. The second-order valence-electron chi connectivity index (χ2n) is 6.68. The number of carbonyl (C=O) groups is 1. The number of thiophene rings is 1. The first-order valence-electron chi connectivity index (χ1n) is 8.81. The number of nitrogens with zero attached hydrogens (tertiary/aromatic N) is 2. The van der Waals surface area contributed by atoms with Crippen LogP contribution in [0.1, 0.15) is 16.7 Å². The molecule has 1 N–H and O–H groups in total. The van der Waals surface area contributed by atoms with Gasteiger partial charge in [-0.05, 0) is 47.5 Å². The number of fused-ring (bicyclic) bond motifs is 1. The van der Waals surface area contributed by atoms with Gasteiger partial charge in [-0.15, -0.1) is 11.3 Å². The first kappa shape index (κ1) is 18.8. The van der Waals surface area contributed by atoms with E-state index < -0.39 is 16.1 Å².